The lowest BCUT2D eigenvalue weighted by atomic mass is 9.83. The number of carbonyl (C=O) groups is 3. The summed E-state index contributed by atoms with van der Waals surface area (Å²) in [6, 6.07) is 4.86. The van der Waals surface area contributed by atoms with Crippen molar-refractivity contribution < 1.29 is 29.3 Å². The van der Waals surface area contributed by atoms with Gasteiger partial charge in [-0.3, -0.25) is 9.59 Å². The standard InChI is InChI=1S/C24H36N2O6/c1-32-24(31)20(16-17-9-8-12-19(28)15-17)25-23(30)22(18-10-4-2-5-11-18)26-21(29)13-6-3-7-14-27/h8-9,12,15,18,20,22,27-28H,2-7,10-11,13-14,16H2,1H3,(H,25,30)(H,26,29). The van der Waals surface area contributed by atoms with Gasteiger partial charge in [0.2, 0.25) is 11.8 Å². The number of nitrogens with one attached hydrogen (secondary N) is 2. The molecule has 1 saturated carbocycles. The van der Waals surface area contributed by atoms with Crippen molar-refractivity contribution in [2.75, 3.05) is 13.7 Å². The Morgan fingerprint density at radius 2 is 1.84 bits per heavy atom. The second-order valence-electron chi connectivity index (χ2n) is 8.44. The van der Waals surface area contributed by atoms with E-state index in [2.05, 4.69) is 10.6 Å². The van der Waals surface area contributed by atoms with Crippen LogP contribution in [0.3, 0.4) is 0 Å². The van der Waals surface area contributed by atoms with Gasteiger partial charge in [-0.25, -0.2) is 4.79 Å². The third kappa shape index (κ3) is 8.49. The largest absolute Gasteiger partial charge is 0.508 e. The van der Waals surface area contributed by atoms with Crippen molar-refractivity contribution in [3.63, 3.8) is 0 Å². The molecule has 0 bridgehead atoms. The van der Waals surface area contributed by atoms with Gasteiger partial charge in [0.1, 0.15) is 17.8 Å². The van der Waals surface area contributed by atoms with Gasteiger partial charge >= 0.3 is 5.97 Å². The molecule has 0 radical (unpaired) electrons. The Morgan fingerprint density at radius 3 is 2.50 bits per heavy atom. The van der Waals surface area contributed by atoms with Crippen LogP contribution in [-0.2, 0) is 25.5 Å². The number of phenolic OH excluding ortho intramolecular Hbond substituents is 1. The number of esters is 1. The van der Waals surface area contributed by atoms with Gasteiger partial charge in [-0.05, 0) is 49.3 Å². The molecule has 8 heteroatoms. The first kappa shape index (κ1) is 25.6. The predicted molar refractivity (Wildman–Crippen MR) is 120 cm³/mol. The van der Waals surface area contributed by atoms with Crippen molar-refractivity contribution in [1.29, 1.82) is 0 Å². The van der Waals surface area contributed by atoms with Crippen LogP contribution in [0.4, 0.5) is 0 Å². The summed E-state index contributed by atoms with van der Waals surface area (Å²) >= 11 is 0. The van der Waals surface area contributed by atoms with Crippen molar-refractivity contribution in [3.05, 3.63) is 29.8 Å². The number of hydrogen-bond donors (Lipinski definition) is 4. The van der Waals surface area contributed by atoms with E-state index in [1.807, 2.05) is 0 Å². The highest BCUT2D eigenvalue weighted by molar-refractivity contribution is 5.91. The van der Waals surface area contributed by atoms with Crippen LogP contribution in [0.1, 0.15) is 63.4 Å². The highest BCUT2D eigenvalue weighted by Gasteiger charge is 2.33. The van der Waals surface area contributed by atoms with Crippen molar-refractivity contribution in [3.8, 4) is 5.75 Å². The zero-order valence-electron chi connectivity index (χ0n) is 18.8. The SMILES string of the molecule is COC(=O)C(Cc1cccc(O)c1)NC(=O)C(NC(=O)CCCCCO)C1CCCCC1. The van der Waals surface area contributed by atoms with Crippen LogP contribution in [0.2, 0.25) is 0 Å². The molecule has 8 nitrogen and oxygen atoms in total. The van der Waals surface area contributed by atoms with E-state index in [-0.39, 0.29) is 30.6 Å². The van der Waals surface area contributed by atoms with E-state index in [9.17, 15) is 19.5 Å². The molecule has 2 rings (SSSR count). The molecule has 4 N–H and O–H groups in total. The predicted octanol–water partition coefficient (Wildman–Crippen LogP) is 2.21. The van der Waals surface area contributed by atoms with Crippen LogP contribution in [0, 0.1) is 5.92 Å². The third-order valence-corrected chi connectivity index (χ3v) is 5.93. The summed E-state index contributed by atoms with van der Waals surface area (Å²) in [4.78, 5) is 38.1. The maximum atomic E-state index is 13.2. The maximum absolute atomic E-state index is 13.2. The third-order valence-electron chi connectivity index (χ3n) is 5.93. The molecule has 178 valence electrons. The Hall–Kier alpha value is -2.61. The van der Waals surface area contributed by atoms with Gasteiger partial charge in [0.15, 0.2) is 0 Å². The second-order valence-corrected chi connectivity index (χ2v) is 8.44. The van der Waals surface area contributed by atoms with Crippen LogP contribution >= 0.6 is 0 Å². The van der Waals surface area contributed by atoms with Crippen LogP contribution in [0.25, 0.3) is 0 Å². The van der Waals surface area contributed by atoms with Gasteiger partial charge in [-0.2, -0.15) is 0 Å². The van der Waals surface area contributed by atoms with Gasteiger partial charge in [0.05, 0.1) is 7.11 Å². The van der Waals surface area contributed by atoms with Crippen LogP contribution in [0.15, 0.2) is 24.3 Å². The van der Waals surface area contributed by atoms with E-state index in [1.165, 1.54) is 19.2 Å². The monoisotopic (exact) mass is 448 g/mol. The summed E-state index contributed by atoms with van der Waals surface area (Å²) in [5.41, 5.74) is 0.683. The van der Waals surface area contributed by atoms with E-state index >= 15 is 0 Å². The molecule has 32 heavy (non-hydrogen) atoms. The number of aromatic hydroxyl groups is 1. The summed E-state index contributed by atoms with van der Waals surface area (Å²) in [5.74, 6) is -1.08. The molecule has 0 aromatic heterocycles. The fraction of sp³-hybridized carbons (Fsp3) is 0.625. The Labute approximate surface area is 189 Å². The van der Waals surface area contributed by atoms with Crippen LogP contribution in [-0.4, -0.2) is 53.8 Å². The topological polar surface area (TPSA) is 125 Å². The quantitative estimate of drug-likeness (QED) is 0.287. The molecule has 1 aliphatic carbocycles. The number of methoxy groups -OCH3 is 1. The van der Waals surface area contributed by atoms with Crippen LogP contribution in [0.5, 0.6) is 5.75 Å². The molecule has 2 unspecified atom stereocenters. The minimum absolute atomic E-state index is 0.0178. The average molecular weight is 449 g/mol. The van der Waals surface area contributed by atoms with Crippen molar-refractivity contribution in [2.45, 2.75) is 76.3 Å². The van der Waals surface area contributed by atoms with E-state index in [1.54, 1.807) is 12.1 Å². The fourth-order valence-electron chi connectivity index (χ4n) is 4.20. The Morgan fingerprint density at radius 1 is 1.09 bits per heavy atom. The number of unbranched alkanes of at least 4 members (excludes halogenated alkanes) is 2. The van der Waals surface area contributed by atoms with Crippen molar-refractivity contribution in [1.82, 2.24) is 10.6 Å². The molecule has 1 aromatic rings. The Bertz CT molecular complexity index is 748. The van der Waals surface area contributed by atoms with Crippen molar-refractivity contribution >= 4 is 17.8 Å². The molecular formula is C24H36N2O6. The van der Waals surface area contributed by atoms with Gasteiger partial charge < -0.3 is 25.6 Å². The van der Waals surface area contributed by atoms with E-state index in [0.717, 1.165) is 38.5 Å². The van der Waals surface area contributed by atoms with E-state index < -0.39 is 24.0 Å². The summed E-state index contributed by atoms with van der Waals surface area (Å²) in [6.45, 7) is 0.100. The lowest BCUT2D eigenvalue weighted by molar-refractivity contribution is -0.145. The Kier molecular flexibility index (Phi) is 11.0. The number of benzene rings is 1. The molecule has 2 amide bonds. The molecule has 0 heterocycles. The normalized spacial score (nSPS) is 16.1. The van der Waals surface area contributed by atoms with Gasteiger partial charge in [-0.1, -0.05) is 37.8 Å². The van der Waals surface area contributed by atoms with Gasteiger partial charge in [-0.15, -0.1) is 0 Å². The molecule has 2 atom stereocenters. The van der Waals surface area contributed by atoms with E-state index in [0.29, 0.717) is 24.8 Å². The number of carbonyl (C=O) groups excluding carboxylic acids is 3. The first-order valence-corrected chi connectivity index (χ1v) is 11.5. The van der Waals surface area contributed by atoms with Gasteiger partial charge in [0.25, 0.3) is 0 Å². The number of phenols is 1. The summed E-state index contributed by atoms with van der Waals surface area (Å²) in [5, 5.41) is 24.3. The second kappa shape index (κ2) is 13.7. The number of aliphatic hydroxyl groups excluding tert-OH is 1. The minimum atomic E-state index is -0.929. The number of rotatable bonds is 12. The smallest absolute Gasteiger partial charge is 0.328 e. The molecule has 1 fully saturated rings. The van der Waals surface area contributed by atoms with Gasteiger partial charge in [0, 0.05) is 19.4 Å². The summed E-state index contributed by atoms with van der Waals surface area (Å²) in [6.07, 6.45) is 7.31. The number of aliphatic hydroxyl groups is 1. The lowest BCUT2D eigenvalue weighted by Crippen LogP contribution is -2.55. The first-order valence-electron chi connectivity index (χ1n) is 11.5. The molecule has 0 spiro atoms. The number of ether oxygens (including phenoxy) is 1. The maximum Gasteiger partial charge on any atom is 0.328 e. The number of amides is 2. The molecule has 0 aliphatic heterocycles. The van der Waals surface area contributed by atoms with E-state index in [4.69, 9.17) is 9.84 Å². The average Bonchev–Trinajstić information content (AvgIpc) is 2.80. The molecule has 1 aromatic carbocycles. The number of hydrogen-bond acceptors (Lipinski definition) is 6. The Balaban J connectivity index is 2.08. The first-order chi connectivity index (χ1) is 15.4. The van der Waals surface area contributed by atoms with Crippen LogP contribution < -0.4 is 10.6 Å². The summed E-state index contributed by atoms with van der Waals surface area (Å²) in [7, 11) is 1.26. The lowest BCUT2D eigenvalue weighted by Gasteiger charge is -2.31. The highest BCUT2D eigenvalue weighted by Crippen LogP contribution is 2.27. The highest BCUT2D eigenvalue weighted by atomic mass is 16.5. The molecule has 1 aliphatic rings. The van der Waals surface area contributed by atoms with Crippen molar-refractivity contribution in [2.24, 2.45) is 5.92 Å². The minimum Gasteiger partial charge on any atom is -0.508 e. The zero-order valence-corrected chi connectivity index (χ0v) is 18.8. The molecular weight excluding hydrogens is 412 g/mol. The molecule has 0 saturated heterocycles. The zero-order chi connectivity index (χ0) is 23.3. The summed E-state index contributed by atoms with van der Waals surface area (Å²) < 4.78 is 4.87. The fourth-order valence-corrected chi connectivity index (χ4v) is 4.20.